The molecule has 0 unspecified atom stereocenters. The summed E-state index contributed by atoms with van der Waals surface area (Å²) in [6.07, 6.45) is 0. The van der Waals surface area contributed by atoms with E-state index < -0.39 is 20.1 Å². The summed E-state index contributed by atoms with van der Waals surface area (Å²) in [5.41, 5.74) is 0.101. The van der Waals surface area contributed by atoms with Gasteiger partial charge in [0.25, 0.3) is 8.32 Å². The van der Waals surface area contributed by atoms with Crippen LogP contribution in [-0.4, -0.2) is 21.4 Å². The number of halogens is 2. The lowest BCUT2D eigenvalue weighted by Crippen LogP contribution is -2.44. The van der Waals surface area contributed by atoms with E-state index in [1.54, 1.807) is 0 Å². The Morgan fingerprint density at radius 1 is 1.30 bits per heavy atom. The molecule has 0 fully saturated rings. The van der Waals surface area contributed by atoms with Crippen molar-refractivity contribution in [2.45, 2.75) is 38.9 Å². The summed E-state index contributed by atoms with van der Waals surface area (Å²) >= 11 is 3.17. The molecule has 0 bridgehead atoms. The third-order valence-electron chi connectivity index (χ3n) is 3.58. The minimum atomic E-state index is -2.25. The number of ether oxygens (including phenoxy) is 1. The molecule has 20 heavy (non-hydrogen) atoms. The van der Waals surface area contributed by atoms with E-state index in [9.17, 15) is 9.18 Å². The van der Waals surface area contributed by atoms with E-state index in [1.165, 1.54) is 19.2 Å². The first-order valence-corrected chi connectivity index (χ1v) is 9.96. The highest BCUT2D eigenvalue weighted by molar-refractivity contribution is 9.10. The van der Waals surface area contributed by atoms with Crippen molar-refractivity contribution < 1.29 is 18.3 Å². The predicted molar refractivity (Wildman–Crippen MR) is 83.3 cm³/mol. The Kier molecular flexibility index (Phi) is 5.02. The summed E-state index contributed by atoms with van der Waals surface area (Å²) in [4.78, 5) is 11.8. The van der Waals surface area contributed by atoms with E-state index in [-0.39, 0.29) is 16.4 Å². The van der Waals surface area contributed by atoms with Crippen LogP contribution < -0.4 is 4.43 Å². The van der Waals surface area contributed by atoms with Crippen molar-refractivity contribution >= 4 is 30.2 Å². The maximum Gasteiger partial charge on any atom is 0.341 e. The Morgan fingerprint density at radius 3 is 2.30 bits per heavy atom. The van der Waals surface area contributed by atoms with Crippen molar-refractivity contribution in [3.05, 3.63) is 28.0 Å². The van der Waals surface area contributed by atoms with Crippen LogP contribution in [0.5, 0.6) is 5.75 Å². The average molecular weight is 363 g/mol. The standard InChI is InChI=1S/C14H20BrFO3Si/c1-14(2,3)20(5,6)19-12-10(13(17)18-4)7-9(15)8-11(12)16/h7-8H,1-6H3. The van der Waals surface area contributed by atoms with Gasteiger partial charge in [-0.25, -0.2) is 9.18 Å². The number of carbonyl (C=O) groups is 1. The van der Waals surface area contributed by atoms with Gasteiger partial charge in [0, 0.05) is 4.47 Å². The Balaban J connectivity index is 3.34. The summed E-state index contributed by atoms with van der Waals surface area (Å²) in [6, 6.07) is 2.80. The third-order valence-corrected chi connectivity index (χ3v) is 8.36. The first-order valence-electron chi connectivity index (χ1n) is 6.26. The van der Waals surface area contributed by atoms with Crippen molar-refractivity contribution in [2.75, 3.05) is 7.11 Å². The monoisotopic (exact) mass is 362 g/mol. The van der Waals surface area contributed by atoms with Crippen LogP contribution in [0, 0.1) is 5.82 Å². The fourth-order valence-electron chi connectivity index (χ4n) is 1.33. The van der Waals surface area contributed by atoms with Gasteiger partial charge in [0.15, 0.2) is 11.6 Å². The van der Waals surface area contributed by atoms with Crippen LogP contribution in [-0.2, 0) is 4.74 Å². The van der Waals surface area contributed by atoms with Crippen LogP contribution in [0.25, 0.3) is 0 Å². The zero-order valence-corrected chi connectivity index (χ0v) is 15.2. The van der Waals surface area contributed by atoms with Crippen LogP contribution in [0.1, 0.15) is 31.1 Å². The zero-order valence-electron chi connectivity index (χ0n) is 12.6. The molecule has 0 aliphatic carbocycles. The third kappa shape index (κ3) is 3.61. The Hall–Kier alpha value is -0.883. The largest absolute Gasteiger partial charge is 0.541 e. The number of hydrogen-bond acceptors (Lipinski definition) is 3. The number of rotatable bonds is 3. The van der Waals surface area contributed by atoms with E-state index in [1.807, 2.05) is 33.9 Å². The number of methoxy groups -OCH3 is 1. The van der Waals surface area contributed by atoms with Gasteiger partial charge >= 0.3 is 5.97 Å². The molecule has 0 heterocycles. The van der Waals surface area contributed by atoms with E-state index in [2.05, 4.69) is 15.9 Å². The number of benzene rings is 1. The average Bonchev–Trinajstić information content (AvgIpc) is 2.29. The molecule has 0 aromatic heterocycles. The van der Waals surface area contributed by atoms with Crippen LogP contribution in [0.15, 0.2) is 16.6 Å². The van der Waals surface area contributed by atoms with Gasteiger partial charge in [-0.1, -0.05) is 36.7 Å². The van der Waals surface area contributed by atoms with Crippen LogP contribution in [0.2, 0.25) is 18.1 Å². The fraction of sp³-hybridized carbons (Fsp3) is 0.500. The lowest BCUT2D eigenvalue weighted by Gasteiger charge is -2.36. The minimum Gasteiger partial charge on any atom is -0.541 e. The topological polar surface area (TPSA) is 35.5 Å². The highest BCUT2D eigenvalue weighted by Crippen LogP contribution is 2.39. The Bertz CT molecular complexity index is 524. The lowest BCUT2D eigenvalue weighted by molar-refractivity contribution is 0.0597. The zero-order chi connectivity index (χ0) is 15.7. The van der Waals surface area contributed by atoms with Gasteiger partial charge in [0.2, 0.25) is 0 Å². The Morgan fingerprint density at radius 2 is 1.85 bits per heavy atom. The number of carbonyl (C=O) groups excluding carboxylic acids is 1. The molecule has 0 amide bonds. The molecule has 0 aliphatic heterocycles. The molecule has 0 radical (unpaired) electrons. The second kappa shape index (κ2) is 5.85. The second-order valence-electron chi connectivity index (χ2n) is 6.12. The van der Waals surface area contributed by atoms with Crippen molar-refractivity contribution in [1.29, 1.82) is 0 Å². The highest BCUT2D eigenvalue weighted by Gasteiger charge is 2.40. The van der Waals surface area contributed by atoms with Crippen LogP contribution >= 0.6 is 15.9 Å². The van der Waals surface area contributed by atoms with Crippen LogP contribution in [0.3, 0.4) is 0 Å². The van der Waals surface area contributed by atoms with Crippen molar-refractivity contribution in [2.24, 2.45) is 0 Å². The first kappa shape index (κ1) is 17.2. The molecule has 0 saturated carbocycles. The highest BCUT2D eigenvalue weighted by atomic mass is 79.9. The quantitative estimate of drug-likeness (QED) is 0.574. The van der Waals surface area contributed by atoms with E-state index in [0.29, 0.717) is 4.47 Å². The smallest absolute Gasteiger partial charge is 0.341 e. The summed E-state index contributed by atoms with van der Waals surface area (Å²) in [5.74, 6) is -1.20. The molecule has 0 N–H and O–H groups in total. The maximum atomic E-state index is 14.2. The lowest BCUT2D eigenvalue weighted by atomic mass is 10.2. The SMILES string of the molecule is COC(=O)c1cc(Br)cc(F)c1O[Si](C)(C)C(C)(C)C. The molecule has 0 spiro atoms. The summed E-state index contributed by atoms with van der Waals surface area (Å²) in [5, 5.41) is -0.0973. The summed E-state index contributed by atoms with van der Waals surface area (Å²) in [6.45, 7) is 10.1. The summed E-state index contributed by atoms with van der Waals surface area (Å²) < 4.78 is 25.3. The van der Waals surface area contributed by atoms with Crippen LogP contribution in [0.4, 0.5) is 4.39 Å². The normalized spacial score (nSPS) is 12.2. The molecule has 3 nitrogen and oxygen atoms in total. The van der Waals surface area contributed by atoms with Gasteiger partial charge in [-0.15, -0.1) is 0 Å². The van der Waals surface area contributed by atoms with Crippen molar-refractivity contribution in [1.82, 2.24) is 0 Å². The van der Waals surface area contributed by atoms with E-state index in [4.69, 9.17) is 9.16 Å². The number of esters is 1. The molecular formula is C14H20BrFO3Si. The van der Waals surface area contributed by atoms with Gasteiger partial charge < -0.3 is 9.16 Å². The fourth-order valence-corrected chi connectivity index (χ4v) is 2.79. The van der Waals surface area contributed by atoms with E-state index >= 15 is 0 Å². The maximum absolute atomic E-state index is 14.2. The second-order valence-corrected chi connectivity index (χ2v) is 11.8. The van der Waals surface area contributed by atoms with Gasteiger partial charge in [-0.2, -0.15) is 0 Å². The molecule has 1 aromatic rings. The predicted octanol–water partition coefficient (Wildman–Crippen LogP) is 4.76. The molecule has 1 aromatic carbocycles. The van der Waals surface area contributed by atoms with Gasteiger partial charge in [-0.3, -0.25) is 0 Å². The van der Waals surface area contributed by atoms with Gasteiger partial charge in [0.1, 0.15) is 5.56 Å². The molecule has 0 atom stereocenters. The molecular weight excluding hydrogens is 343 g/mol. The minimum absolute atomic E-state index is 0.0216. The van der Waals surface area contributed by atoms with Crippen molar-refractivity contribution in [3.8, 4) is 5.75 Å². The molecule has 1 rings (SSSR count). The molecule has 0 saturated heterocycles. The van der Waals surface area contributed by atoms with Gasteiger partial charge in [0.05, 0.1) is 7.11 Å². The Labute approximate surface area is 128 Å². The molecule has 112 valence electrons. The summed E-state index contributed by atoms with van der Waals surface area (Å²) in [7, 11) is -0.986. The van der Waals surface area contributed by atoms with E-state index in [0.717, 1.165) is 0 Å². The number of hydrogen-bond donors (Lipinski definition) is 0. The van der Waals surface area contributed by atoms with Crippen molar-refractivity contribution in [3.63, 3.8) is 0 Å². The molecule has 0 aliphatic rings. The first-order chi connectivity index (χ1) is 8.99. The van der Waals surface area contributed by atoms with Gasteiger partial charge in [-0.05, 0) is 30.3 Å². The molecule has 6 heteroatoms.